The summed E-state index contributed by atoms with van der Waals surface area (Å²) >= 11 is 0. The Morgan fingerprint density at radius 2 is 2.11 bits per heavy atom. The zero-order valence-corrected chi connectivity index (χ0v) is 10.9. The molecule has 6 heteroatoms. The Balaban J connectivity index is 2.52. The van der Waals surface area contributed by atoms with E-state index in [-0.39, 0.29) is 11.9 Å². The van der Waals surface area contributed by atoms with Crippen LogP contribution in [0, 0.1) is 5.82 Å². The molecular formula is C12H21FN4O. The molecule has 0 bridgehead atoms. The quantitative estimate of drug-likeness (QED) is 0.663. The lowest BCUT2D eigenvalue weighted by atomic mass is 10.2. The molecule has 0 saturated heterocycles. The first-order chi connectivity index (χ1) is 8.67. The second-order valence-corrected chi connectivity index (χ2v) is 4.09. The third-order valence-electron chi connectivity index (χ3n) is 2.52. The minimum atomic E-state index is -0.483. The van der Waals surface area contributed by atoms with Gasteiger partial charge in [0.2, 0.25) is 5.95 Å². The molecule has 0 radical (unpaired) electrons. The van der Waals surface area contributed by atoms with Crippen LogP contribution in [-0.4, -0.2) is 34.3 Å². The van der Waals surface area contributed by atoms with Crippen molar-refractivity contribution in [3.05, 3.63) is 12.0 Å². The smallest absolute Gasteiger partial charge is 0.224 e. The van der Waals surface area contributed by atoms with Gasteiger partial charge in [0, 0.05) is 13.1 Å². The number of halogens is 1. The first-order valence-electron chi connectivity index (χ1n) is 6.35. The van der Waals surface area contributed by atoms with Crippen molar-refractivity contribution in [1.29, 1.82) is 0 Å². The summed E-state index contributed by atoms with van der Waals surface area (Å²) in [6.45, 7) is 5.17. The van der Waals surface area contributed by atoms with Crippen LogP contribution in [-0.2, 0) is 0 Å². The van der Waals surface area contributed by atoms with E-state index in [1.54, 1.807) is 0 Å². The van der Waals surface area contributed by atoms with Crippen LogP contribution in [0.5, 0.6) is 0 Å². The monoisotopic (exact) mass is 256 g/mol. The number of rotatable bonds is 8. The lowest BCUT2D eigenvalue weighted by Crippen LogP contribution is -2.14. The van der Waals surface area contributed by atoms with E-state index in [1.807, 2.05) is 13.8 Å². The van der Waals surface area contributed by atoms with Gasteiger partial charge in [-0.25, -0.2) is 9.37 Å². The molecule has 102 valence electrons. The molecule has 0 aliphatic rings. The zero-order valence-electron chi connectivity index (χ0n) is 10.9. The highest BCUT2D eigenvalue weighted by Crippen LogP contribution is 2.12. The lowest BCUT2D eigenvalue weighted by Gasteiger charge is -2.11. The van der Waals surface area contributed by atoms with Gasteiger partial charge in [0.25, 0.3) is 0 Å². The Bertz CT molecular complexity index is 362. The number of nitrogens with one attached hydrogen (secondary N) is 2. The van der Waals surface area contributed by atoms with Crippen molar-refractivity contribution in [2.45, 2.75) is 39.2 Å². The Morgan fingerprint density at radius 1 is 1.33 bits per heavy atom. The second kappa shape index (κ2) is 7.81. The van der Waals surface area contributed by atoms with E-state index in [0.717, 1.165) is 19.2 Å². The summed E-state index contributed by atoms with van der Waals surface area (Å²) in [7, 11) is 0. The van der Waals surface area contributed by atoms with Crippen molar-refractivity contribution in [3.8, 4) is 0 Å². The van der Waals surface area contributed by atoms with Gasteiger partial charge in [-0.15, -0.1) is 0 Å². The van der Waals surface area contributed by atoms with Gasteiger partial charge in [0.05, 0.1) is 12.3 Å². The number of anilines is 2. The van der Waals surface area contributed by atoms with Crippen LogP contribution in [0.3, 0.4) is 0 Å². The topological polar surface area (TPSA) is 70.1 Å². The number of aliphatic hydroxyl groups excluding tert-OH is 1. The summed E-state index contributed by atoms with van der Waals surface area (Å²) in [6.07, 6.45) is 2.99. The highest BCUT2D eigenvalue weighted by atomic mass is 19.1. The van der Waals surface area contributed by atoms with Crippen LogP contribution in [0.2, 0.25) is 0 Å². The summed E-state index contributed by atoms with van der Waals surface area (Å²) < 4.78 is 13.4. The molecule has 3 N–H and O–H groups in total. The van der Waals surface area contributed by atoms with Crippen molar-refractivity contribution >= 4 is 11.8 Å². The van der Waals surface area contributed by atoms with E-state index < -0.39 is 5.82 Å². The molecule has 5 nitrogen and oxygen atoms in total. The maximum atomic E-state index is 13.4. The van der Waals surface area contributed by atoms with Gasteiger partial charge in [-0.2, -0.15) is 4.98 Å². The van der Waals surface area contributed by atoms with E-state index in [4.69, 9.17) is 0 Å². The van der Waals surface area contributed by atoms with Crippen molar-refractivity contribution in [2.75, 3.05) is 23.7 Å². The van der Waals surface area contributed by atoms with Crippen LogP contribution in [0.4, 0.5) is 16.2 Å². The molecule has 0 aliphatic heterocycles. The van der Waals surface area contributed by atoms with Gasteiger partial charge in [0.15, 0.2) is 11.6 Å². The fraction of sp³-hybridized carbons (Fsp3) is 0.667. The van der Waals surface area contributed by atoms with Gasteiger partial charge in [-0.1, -0.05) is 13.8 Å². The van der Waals surface area contributed by atoms with Gasteiger partial charge in [-0.05, 0) is 19.3 Å². The van der Waals surface area contributed by atoms with Crippen molar-refractivity contribution in [3.63, 3.8) is 0 Å². The Kier molecular flexibility index (Phi) is 6.35. The Labute approximate surface area is 107 Å². The average Bonchev–Trinajstić information content (AvgIpc) is 2.39. The zero-order chi connectivity index (χ0) is 13.4. The molecule has 0 spiro atoms. The molecule has 1 unspecified atom stereocenters. The molecule has 1 heterocycles. The number of aromatic nitrogens is 2. The molecule has 18 heavy (non-hydrogen) atoms. The number of nitrogens with zero attached hydrogens (tertiary/aromatic N) is 2. The molecule has 0 aromatic carbocycles. The normalized spacial score (nSPS) is 12.2. The molecule has 0 saturated carbocycles. The molecule has 1 rings (SSSR count). The van der Waals surface area contributed by atoms with Crippen LogP contribution >= 0.6 is 0 Å². The fourth-order valence-electron chi connectivity index (χ4n) is 1.37. The summed E-state index contributed by atoms with van der Waals surface area (Å²) in [5, 5.41) is 15.3. The molecule has 1 aromatic rings. The van der Waals surface area contributed by atoms with Gasteiger partial charge >= 0.3 is 0 Å². The van der Waals surface area contributed by atoms with Crippen LogP contribution in [0.25, 0.3) is 0 Å². The van der Waals surface area contributed by atoms with Crippen molar-refractivity contribution in [2.24, 2.45) is 0 Å². The first kappa shape index (κ1) is 14.6. The van der Waals surface area contributed by atoms with Gasteiger partial charge < -0.3 is 15.7 Å². The predicted octanol–water partition coefficient (Wildman–Crippen LogP) is 2.01. The largest absolute Gasteiger partial charge is 0.393 e. The number of hydrogen-bond acceptors (Lipinski definition) is 5. The maximum Gasteiger partial charge on any atom is 0.224 e. The van der Waals surface area contributed by atoms with E-state index >= 15 is 0 Å². The summed E-state index contributed by atoms with van der Waals surface area (Å²) in [5.41, 5.74) is 0. The molecule has 1 atom stereocenters. The van der Waals surface area contributed by atoms with Gasteiger partial charge in [-0.3, -0.25) is 0 Å². The SMILES string of the molecule is CCCNc1ncc(F)c(NCCC(O)CC)n1. The molecule has 0 fully saturated rings. The number of hydrogen-bond donors (Lipinski definition) is 3. The lowest BCUT2D eigenvalue weighted by molar-refractivity contribution is 0.164. The van der Waals surface area contributed by atoms with Gasteiger partial charge in [0.1, 0.15) is 0 Å². The van der Waals surface area contributed by atoms with Crippen LogP contribution < -0.4 is 10.6 Å². The van der Waals surface area contributed by atoms with E-state index in [9.17, 15) is 9.50 Å². The Hall–Kier alpha value is -1.43. The minimum absolute atomic E-state index is 0.173. The third-order valence-corrected chi connectivity index (χ3v) is 2.52. The highest BCUT2D eigenvalue weighted by molar-refractivity contribution is 5.40. The van der Waals surface area contributed by atoms with E-state index in [0.29, 0.717) is 25.3 Å². The van der Waals surface area contributed by atoms with E-state index in [1.165, 1.54) is 0 Å². The minimum Gasteiger partial charge on any atom is -0.393 e. The molecular weight excluding hydrogens is 235 g/mol. The molecule has 1 aromatic heterocycles. The second-order valence-electron chi connectivity index (χ2n) is 4.09. The Morgan fingerprint density at radius 3 is 2.78 bits per heavy atom. The molecule has 0 aliphatic carbocycles. The van der Waals surface area contributed by atoms with Crippen molar-refractivity contribution < 1.29 is 9.50 Å². The average molecular weight is 256 g/mol. The van der Waals surface area contributed by atoms with Crippen LogP contribution in [0.15, 0.2) is 6.20 Å². The fourth-order valence-corrected chi connectivity index (χ4v) is 1.37. The van der Waals surface area contributed by atoms with E-state index in [2.05, 4.69) is 20.6 Å². The van der Waals surface area contributed by atoms with Crippen molar-refractivity contribution in [1.82, 2.24) is 9.97 Å². The third kappa shape index (κ3) is 4.83. The summed E-state index contributed by atoms with van der Waals surface area (Å²) in [4.78, 5) is 7.89. The van der Waals surface area contributed by atoms with Crippen LogP contribution in [0.1, 0.15) is 33.1 Å². The number of aliphatic hydroxyl groups is 1. The predicted molar refractivity (Wildman–Crippen MR) is 70.2 cm³/mol. The summed E-state index contributed by atoms with van der Waals surface area (Å²) in [5.74, 6) is 0.103. The first-order valence-corrected chi connectivity index (χ1v) is 6.35. The maximum absolute atomic E-state index is 13.4. The standard InChI is InChI=1S/C12H21FN4O/c1-3-6-15-12-16-8-10(13)11(17-12)14-7-5-9(18)4-2/h8-9,18H,3-7H2,1-2H3,(H2,14,15,16,17). The molecule has 0 amide bonds. The highest BCUT2D eigenvalue weighted by Gasteiger charge is 2.07. The summed E-state index contributed by atoms with van der Waals surface area (Å²) in [6, 6.07) is 0.